The maximum Gasteiger partial charge on any atom is 0.161 e. The summed E-state index contributed by atoms with van der Waals surface area (Å²) in [4.78, 5) is 0. The zero-order chi connectivity index (χ0) is 19.0. The molecule has 0 saturated carbocycles. The predicted octanol–water partition coefficient (Wildman–Crippen LogP) is 5.59. The van der Waals surface area contributed by atoms with E-state index in [1.165, 1.54) is 0 Å². The zero-order valence-electron chi connectivity index (χ0n) is 15.3. The average Bonchev–Trinajstić information content (AvgIpc) is 2.69. The lowest BCUT2D eigenvalue weighted by atomic mass is 9.91. The van der Waals surface area contributed by atoms with E-state index in [4.69, 9.17) is 9.47 Å². The van der Waals surface area contributed by atoms with Crippen LogP contribution < -0.4 is 9.47 Å². The minimum atomic E-state index is -0.698. The number of hydrogen-bond donors (Lipinski definition) is 1. The summed E-state index contributed by atoms with van der Waals surface area (Å²) in [5, 5.41) is 11.1. The van der Waals surface area contributed by atoms with Crippen LogP contribution in [0.25, 0.3) is 11.1 Å². The van der Waals surface area contributed by atoms with Gasteiger partial charge in [-0.2, -0.15) is 0 Å². The van der Waals surface area contributed by atoms with Gasteiger partial charge in [0.1, 0.15) is 19.3 Å². The van der Waals surface area contributed by atoms with Crippen molar-refractivity contribution in [1.82, 2.24) is 0 Å². The van der Waals surface area contributed by atoms with Gasteiger partial charge in [-0.15, -0.1) is 0 Å². The van der Waals surface area contributed by atoms with Gasteiger partial charge in [0.25, 0.3) is 0 Å². The zero-order valence-corrected chi connectivity index (χ0v) is 16.9. The van der Waals surface area contributed by atoms with Crippen molar-refractivity contribution in [1.29, 1.82) is 0 Å². The van der Waals surface area contributed by atoms with Gasteiger partial charge in [0.05, 0.1) is 0 Å². The molecule has 27 heavy (non-hydrogen) atoms. The van der Waals surface area contributed by atoms with Crippen LogP contribution in [0, 0.1) is 13.8 Å². The topological polar surface area (TPSA) is 38.7 Å². The molecule has 0 aromatic heterocycles. The molecule has 3 aromatic rings. The van der Waals surface area contributed by atoms with Crippen LogP contribution in [0.15, 0.2) is 59.1 Å². The number of benzene rings is 3. The molecule has 1 aliphatic rings. The highest BCUT2D eigenvalue weighted by molar-refractivity contribution is 9.10. The maximum absolute atomic E-state index is 11.1. The van der Waals surface area contributed by atoms with Crippen LogP contribution in [-0.4, -0.2) is 18.3 Å². The molecule has 0 spiro atoms. The Morgan fingerprint density at radius 3 is 2.41 bits per heavy atom. The average molecular weight is 425 g/mol. The minimum absolute atomic E-state index is 0.565. The third-order valence-electron chi connectivity index (χ3n) is 5.04. The first-order valence-electron chi connectivity index (χ1n) is 8.99. The van der Waals surface area contributed by atoms with Crippen molar-refractivity contribution >= 4 is 15.9 Å². The molecular formula is C23H21BrO3. The monoisotopic (exact) mass is 424 g/mol. The Labute approximate surface area is 167 Å². The van der Waals surface area contributed by atoms with E-state index >= 15 is 0 Å². The Balaban J connectivity index is 1.76. The Hall–Kier alpha value is -2.30. The fourth-order valence-electron chi connectivity index (χ4n) is 3.52. The molecule has 4 rings (SSSR count). The fraction of sp³-hybridized carbons (Fsp3) is 0.217. The van der Waals surface area contributed by atoms with E-state index in [2.05, 4.69) is 22.0 Å². The molecule has 0 fully saturated rings. The molecule has 1 aliphatic heterocycles. The molecule has 0 bridgehead atoms. The van der Waals surface area contributed by atoms with Crippen molar-refractivity contribution in [2.24, 2.45) is 0 Å². The summed E-state index contributed by atoms with van der Waals surface area (Å²) in [7, 11) is 0. The van der Waals surface area contributed by atoms with Crippen LogP contribution in [0.1, 0.15) is 28.4 Å². The van der Waals surface area contributed by atoms with Gasteiger partial charge < -0.3 is 14.6 Å². The van der Waals surface area contributed by atoms with Crippen LogP contribution in [0.2, 0.25) is 0 Å². The molecule has 3 nitrogen and oxygen atoms in total. The summed E-state index contributed by atoms with van der Waals surface area (Å²) < 4.78 is 12.3. The Morgan fingerprint density at radius 2 is 1.59 bits per heavy atom. The number of aryl methyl sites for hydroxylation is 1. The number of halogens is 1. The largest absolute Gasteiger partial charge is 0.486 e. The van der Waals surface area contributed by atoms with E-state index in [9.17, 15) is 5.11 Å². The van der Waals surface area contributed by atoms with Crippen molar-refractivity contribution in [2.75, 3.05) is 13.2 Å². The Morgan fingerprint density at radius 1 is 0.889 bits per heavy atom. The number of aliphatic hydroxyl groups excluding tert-OH is 1. The van der Waals surface area contributed by atoms with Crippen molar-refractivity contribution < 1.29 is 14.6 Å². The highest BCUT2D eigenvalue weighted by Crippen LogP contribution is 2.38. The standard InChI is InChI=1S/C23H21BrO3/c1-14-5-3-8-19(22(14)24)23(25)18-7-4-6-17(15(18)2)16-9-10-20-21(13-16)27-12-11-26-20/h3-10,13,23,25H,11-12H2,1-2H3. The molecule has 0 aliphatic carbocycles. The van der Waals surface area contributed by atoms with Crippen LogP contribution in [0.5, 0.6) is 11.5 Å². The molecule has 138 valence electrons. The summed E-state index contributed by atoms with van der Waals surface area (Å²) >= 11 is 3.62. The first-order chi connectivity index (χ1) is 13.1. The van der Waals surface area contributed by atoms with Crippen molar-refractivity contribution in [3.63, 3.8) is 0 Å². The van der Waals surface area contributed by atoms with Gasteiger partial charge in [-0.05, 0) is 59.4 Å². The molecule has 1 heterocycles. The second-order valence-corrected chi connectivity index (χ2v) is 7.55. The third-order valence-corrected chi connectivity index (χ3v) is 6.12. The molecule has 3 aromatic carbocycles. The van der Waals surface area contributed by atoms with E-state index in [-0.39, 0.29) is 0 Å². The molecule has 1 unspecified atom stereocenters. The van der Waals surface area contributed by atoms with Gasteiger partial charge in [-0.3, -0.25) is 0 Å². The molecule has 0 saturated heterocycles. The van der Waals surface area contributed by atoms with E-state index < -0.39 is 6.10 Å². The van der Waals surface area contributed by atoms with E-state index in [0.717, 1.165) is 49.4 Å². The highest BCUT2D eigenvalue weighted by atomic mass is 79.9. The van der Waals surface area contributed by atoms with Crippen molar-refractivity contribution in [3.05, 3.63) is 81.3 Å². The third kappa shape index (κ3) is 3.35. The quantitative estimate of drug-likeness (QED) is 0.595. The van der Waals surface area contributed by atoms with Crippen LogP contribution in [-0.2, 0) is 0 Å². The highest BCUT2D eigenvalue weighted by Gasteiger charge is 2.19. The maximum atomic E-state index is 11.1. The number of rotatable bonds is 3. The van der Waals surface area contributed by atoms with Gasteiger partial charge in [-0.1, -0.05) is 58.4 Å². The summed E-state index contributed by atoms with van der Waals surface area (Å²) in [6.45, 7) is 5.22. The SMILES string of the molecule is Cc1cccc(C(O)c2cccc(-c3ccc4c(c3)OCCO4)c2C)c1Br. The van der Waals surface area contributed by atoms with Gasteiger partial charge in [0.2, 0.25) is 0 Å². The van der Waals surface area contributed by atoms with Gasteiger partial charge in [0, 0.05) is 4.47 Å². The minimum Gasteiger partial charge on any atom is -0.486 e. The second-order valence-electron chi connectivity index (χ2n) is 6.76. The van der Waals surface area contributed by atoms with Crippen LogP contribution in [0.3, 0.4) is 0 Å². The molecular weight excluding hydrogens is 404 g/mol. The lowest BCUT2D eigenvalue weighted by Crippen LogP contribution is -2.15. The number of hydrogen-bond acceptors (Lipinski definition) is 3. The number of ether oxygens (including phenoxy) is 2. The van der Waals surface area contributed by atoms with Crippen molar-refractivity contribution in [3.8, 4) is 22.6 Å². The first kappa shape index (κ1) is 18.1. The molecule has 1 atom stereocenters. The lowest BCUT2D eigenvalue weighted by Gasteiger charge is -2.21. The smallest absolute Gasteiger partial charge is 0.161 e. The summed E-state index contributed by atoms with van der Waals surface area (Å²) in [5.74, 6) is 1.55. The first-order valence-corrected chi connectivity index (χ1v) is 9.78. The molecule has 0 radical (unpaired) electrons. The van der Waals surface area contributed by atoms with Crippen LogP contribution in [0.4, 0.5) is 0 Å². The van der Waals surface area contributed by atoms with Crippen molar-refractivity contribution in [2.45, 2.75) is 20.0 Å². The van der Waals surface area contributed by atoms with Gasteiger partial charge >= 0.3 is 0 Å². The normalized spacial score (nSPS) is 14.1. The predicted molar refractivity (Wildman–Crippen MR) is 111 cm³/mol. The Kier molecular flexibility index (Phi) is 4.94. The Bertz CT molecular complexity index is 997. The fourth-order valence-corrected chi connectivity index (χ4v) is 4.00. The van der Waals surface area contributed by atoms with Gasteiger partial charge in [0.15, 0.2) is 11.5 Å². The van der Waals surface area contributed by atoms with Gasteiger partial charge in [-0.25, -0.2) is 0 Å². The second kappa shape index (κ2) is 7.37. The lowest BCUT2D eigenvalue weighted by molar-refractivity contribution is 0.171. The summed E-state index contributed by atoms with van der Waals surface area (Å²) in [6.07, 6.45) is -0.698. The number of aliphatic hydroxyl groups is 1. The van der Waals surface area contributed by atoms with E-state index in [1.807, 2.05) is 62.4 Å². The molecule has 1 N–H and O–H groups in total. The molecule has 4 heteroatoms. The summed E-state index contributed by atoms with van der Waals surface area (Å²) in [6, 6.07) is 18.0. The molecule has 0 amide bonds. The summed E-state index contributed by atoms with van der Waals surface area (Å²) in [5.41, 5.74) is 6.05. The van der Waals surface area contributed by atoms with E-state index in [1.54, 1.807) is 0 Å². The van der Waals surface area contributed by atoms with Crippen LogP contribution >= 0.6 is 15.9 Å². The number of fused-ring (bicyclic) bond motifs is 1. The van der Waals surface area contributed by atoms with E-state index in [0.29, 0.717) is 13.2 Å².